The summed E-state index contributed by atoms with van der Waals surface area (Å²) in [5.41, 5.74) is 5.33. The lowest BCUT2D eigenvalue weighted by molar-refractivity contribution is -0.119. The number of hydrogen-bond donors (Lipinski definition) is 1. The van der Waals surface area contributed by atoms with Gasteiger partial charge in [0.2, 0.25) is 0 Å². The van der Waals surface area contributed by atoms with Crippen molar-refractivity contribution < 1.29 is 4.79 Å². The van der Waals surface area contributed by atoms with E-state index in [0.717, 1.165) is 19.3 Å². The van der Waals surface area contributed by atoms with Gasteiger partial charge < -0.3 is 5.73 Å². The van der Waals surface area contributed by atoms with E-state index in [9.17, 15) is 4.79 Å². The molecule has 0 saturated heterocycles. The van der Waals surface area contributed by atoms with E-state index < -0.39 is 0 Å². The number of unbranched alkanes of at least 4 members (excludes halogenated alkanes) is 5. The van der Waals surface area contributed by atoms with Gasteiger partial charge in [0.05, 0.1) is 0 Å². The quantitative estimate of drug-likeness (QED) is 0.549. The van der Waals surface area contributed by atoms with E-state index in [2.05, 4.69) is 6.92 Å². The molecule has 2 heteroatoms. The number of ketones is 1. The maximum atomic E-state index is 11.2. The largest absolute Gasteiger partial charge is 0.330 e. The van der Waals surface area contributed by atoms with Gasteiger partial charge in [0.25, 0.3) is 0 Å². The minimum Gasteiger partial charge on any atom is -0.330 e. The SMILES string of the molecule is CCCCCCCCC(=O)CCCN. The van der Waals surface area contributed by atoms with E-state index in [1.807, 2.05) is 0 Å². The van der Waals surface area contributed by atoms with Gasteiger partial charge in [0, 0.05) is 12.8 Å². The maximum Gasteiger partial charge on any atom is 0.132 e. The van der Waals surface area contributed by atoms with Crippen LogP contribution >= 0.6 is 0 Å². The van der Waals surface area contributed by atoms with Crippen LogP contribution in [0.2, 0.25) is 0 Å². The lowest BCUT2D eigenvalue weighted by Gasteiger charge is -2.00. The summed E-state index contributed by atoms with van der Waals surface area (Å²) in [5, 5.41) is 0. The summed E-state index contributed by atoms with van der Waals surface area (Å²) in [5.74, 6) is 0.394. The molecular formula is C12H25NO. The highest BCUT2D eigenvalue weighted by molar-refractivity contribution is 5.78. The van der Waals surface area contributed by atoms with E-state index in [1.165, 1.54) is 32.1 Å². The third-order valence-electron chi connectivity index (χ3n) is 2.47. The first-order valence-electron chi connectivity index (χ1n) is 6.03. The molecule has 0 aliphatic heterocycles. The topological polar surface area (TPSA) is 43.1 Å². The van der Waals surface area contributed by atoms with Crippen molar-refractivity contribution in [1.82, 2.24) is 0 Å². The van der Waals surface area contributed by atoms with Crippen molar-refractivity contribution in [1.29, 1.82) is 0 Å². The molecule has 0 aliphatic carbocycles. The van der Waals surface area contributed by atoms with Crippen LogP contribution in [0.3, 0.4) is 0 Å². The van der Waals surface area contributed by atoms with Crippen LogP contribution < -0.4 is 5.73 Å². The summed E-state index contributed by atoms with van der Waals surface area (Å²) in [7, 11) is 0. The molecular weight excluding hydrogens is 174 g/mol. The summed E-state index contributed by atoms with van der Waals surface area (Å²) < 4.78 is 0. The first-order valence-corrected chi connectivity index (χ1v) is 6.03. The minimum absolute atomic E-state index is 0.394. The number of nitrogens with two attached hydrogens (primary N) is 1. The summed E-state index contributed by atoms with van der Waals surface area (Å²) in [6.45, 7) is 2.86. The van der Waals surface area contributed by atoms with Crippen LogP contribution in [0, 0.1) is 0 Å². The first kappa shape index (κ1) is 13.6. The van der Waals surface area contributed by atoms with Gasteiger partial charge in [-0.05, 0) is 19.4 Å². The zero-order valence-corrected chi connectivity index (χ0v) is 9.56. The zero-order valence-electron chi connectivity index (χ0n) is 9.56. The Morgan fingerprint density at radius 3 is 2.14 bits per heavy atom. The average Bonchev–Trinajstić information content (AvgIpc) is 2.20. The molecule has 0 spiro atoms. The van der Waals surface area contributed by atoms with Crippen LogP contribution in [0.25, 0.3) is 0 Å². The van der Waals surface area contributed by atoms with Crippen molar-refractivity contribution in [2.24, 2.45) is 5.73 Å². The van der Waals surface area contributed by atoms with Gasteiger partial charge in [0.15, 0.2) is 0 Å². The Hall–Kier alpha value is -0.370. The standard InChI is InChI=1S/C12H25NO/c1-2-3-4-5-6-7-9-12(14)10-8-11-13/h2-11,13H2,1H3. The maximum absolute atomic E-state index is 11.2. The second-order valence-electron chi connectivity index (χ2n) is 3.95. The lowest BCUT2D eigenvalue weighted by Crippen LogP contribution is -2.04. The van der Waals surface area contributed by atoms with Crippen molar-refractivity contribution in [3.63, 3.8) is 0 Å². The highest BCUT2D eigenvalue weighted by Crippen LogP contribution is 2.08. The average molecular weight is 199 g/mol. The van der Waals surface area contributed by atoms with Crippen LogP contribution in [0.5, 0.6) is 0 Å². The van der Waals surface area contributed by atoms with E-state index in [-0.39, 0.29) is 0 Å². The predicted molar refractivity (Wildman–Crippen MR) is 61.3 cm³/mol. The number of carbonyl (C=O) groups excluding carboxylic acids is 1. The summed E-state index contributed by atoms with van der Waals surface area (Å²) in [6.07, 6.45) is 9.84. The smallest absolute Gasteiger partial charge is 0.132 e. The predicted octanol–water partition coefficient (Wildman–Crippen LogP) is 3.05. The van der Waals surface area contributed by atoms with Gasteiger partial charge in [-0.3, -0.25) is 4.79 Å². The first-order chi connectivity index (χ1) is 6.81. The molecule has 0 aromatic rings. The van der Waals surface area contributed by atoms with Gasteiger partial charge in [-0.1, -0.05) is 39.0 Å². The van der Waals surface area contributed by atoms with Crippen molar-refractivity contribution >= 4 is 5.78 Å². The van der Waals surface area contributed by atoms with Gasteiger partial charge in [-0.2, -0.15) is 0 Å². The minimum atomic E-state index is 0.394. The van der Waals surface area contributed by atoms with E-state index in [4.69, 9.17) is 5.73 Å². The molecule has 14 heavy (non-hydrogen) atoms. The van der Waals surface area contributed by atoms with Crippen LogP contribution in [-0.2, 0) is 4.79 Å². The third-order valence-corrected chi connectivity index (χ3v) is 2.47. The van der Waals surface area contributed by atoms with Gasteiger partial charge in [-0.25, -0.2) is 0 Å². The molecule has 0 saturated carbocycles. The molecule has 0 aromatic carbocycles. The van der Waals surface area contributed by atoms with E-state index in [0.29, 0.717) is 18.7 Å². The molecule has 0 aromatic heterocycles. The monoisotopic (exact) mass is 199 g/mol. The van der Waals surface area contributed by atoms with Crippen molar-refractivity contribution in [2.45, 2.75) is 64.7 Å². The van der Waals surface area contributed by atoms with E-state index >= 15 is 0 Å². The van der Waals surface area contributed by atoms with Crippen molar-refractivity contribution in [2.75, 3.05) is 6.54 Å². The molecule has 0 radical (unpaired) electrons. The Labute approximate surface area is 88.3 Å². The second kappa shape index (κ2) is 10.7. The number of hydrogen-bond acceptors (Lipinski definition) is 2. The fourth-order valence-electron chi connectivity index (χ4n) is 1.53. The van der Waals surface area contributed by atoms with Crippen LogP contribution in [0.15, 0.2) is 0 Å². The van der Waals surface area contributed by atoms with Crippen molar-refractivity contribution in [3.8, 4) is 0 Å². The normalized spacial score (nSPS) is 10.4. The van der Waals surface area contributed by atoms with E-state index in [1.54, 1.807) is 0 Å². The van der Waals surface area contributed by atoms with Crippen LogP contribution in [0.1, 0.15) is 64.7 Å². The molecule has 0 fully saturated rings. The molecule has 0 aliphatic rings. The molecule has 0 unspecified atom stereocenters. The molecule has 0 heterocycles. The fourth-order valence-corrected chi connectivity index (χ4v) is 1.53. The van der Waals surface area contributed by atoms with Crippen LogP contribution in [0.4, 0.5) is 0 Å². The Bertz CT molecular complexity index is 134. The lowest BCUT2D eigenvalue weighted by atomic mass is 10.1. The highest BCUT2D eigenvalue weighted by Gasteiger charge is 2.00. The molecule has 0 atom stereocenters. The van der Waals surface area contributed by atoms with Crippen LogP contribution in [-0.4, -0.2) is 12.3 Å². The molecule has 0 rings (SSSR count). The second-order valence-corrected chi connectivity index (χ2v) is 3.95. The third kappa shape index (κ3) is 9.72. The summed E-state index contributed by atoms with van der Waals surface area (Å²) in [4.78, 5) is 11.2. The van der Waals surface area contributed by atoms with Crippen molar-refractivity contribution in [3.05, 3.63) is 0 Å². The van der Waals surface area contributed by atoms with Gasteiger partial charge in [-0.15, -0.1) is 0 Å². The number of Topliss-reactive ketones (excluding diaryl/α,β-unsaturated/α-hetero) is 1. The molecule has 84 valence electrons. The van der Waals surface area contributed by atoms with Gasteiger partial charge >= 0.3 is 0 Å². The Morgan fingerprint density at radius 2 is 1.50 bits per heavy atom. The summed E-state index contributed by atoms with van der Waals surface area (Å²) in [6, 6.07) is 0. The molecule has 0 bridgehead atoms. The Balaban J connectivity index is 3.07. The molecule has 0 amide bonds. The Morgan fingerprint density at radius 1 is 0.929 bits per heavy atom. The highest BCUT2D eigenvalue weighted by atomic mass is 16.1. The molecule has 2 N–H and O–H groups in total. The zero-order chi connectivity index (χ0) is 10.6. The van der Waals surface area contributed by atoms with Gasteiger partial charge in [0.1, 0.15) is 5.78 Å². The number of rotatable bonds is 10. The number of carbonyl (C=O) groups is 1. The fraction of sp³-hybridized carbons (Fsp3) is 0.917. The molecule has 2 nitrogen and oxygen atoms in total. The summed E-state index contributed by atoms with van der Waals surface area (Å²) >= 11 is 0. The Kier molecular flexibility index (Phi) is 10.4.